The SMILES string of the molecule is CCC/C=C\C/C=C\CCCCCCCC(=O)OCCCCCCCCCCCCCC/C=C\CCCCCCCCCCCC(=O)NC(CO)C(O)CCCCCCCCCCCCC. The molecule has 0 aliphatic carbocycles. The molecule has 0 bridgehead atoms. The molecule has 0 saturated heterocycles. The third-order valence-corrected chi connectivity index (χ3v) is 13.4. The van der Waals surface area contributed by atoms with E-state index in [-0.39, 0.29) is 18.5 Å². The maximum Gasteiger partial charge on any atom is 0.305 e. The minimum Gasteiger partial charge on any atom is -0.466 e. The molecule has 66 heavy (non-hydrogen) atoms. The van der Waals surface area contributed by atoms with Gasteiger partial charge in [-0.1, -0.05) is 256 Å². The quantitative estimate of drug-likeness (QED) is 0.0321. The maximum atomic E-state index is 12.4. The van der Waals surface area contributed by atoms with Gasteiger partial charge in [0.1, 0.15) is 0 Å². The normalized spacial score (nSPS) is 12.8. The number of ether oxygens (including phenoxy) is 1. The van der Waals surface area contributed by atoms with Gasteiger partial charge >= 0.3 is 5.97 Å². The molecule has 0 radical (unpaired) electrons. The van der Waals surface area contributed by atoms with E-state index in [1.807, 2.05) is 0 Å². The summed E-state index contributed by atoms with van der Waals surface area (Å²) in [6, 6.07) is -0.542. The lowest BCUT2D eigenvalue weighted by Crippen LogP contribution is -2.45. The van der Waals surface area contributed by atoms with Crippen LogP contribution in [0, 0.1) is 0 Å². The van der Waals surface area contributed by atoms with Crippen molar-refractivity contribution in [3.8, 4) is 0 Å². The van der Waals surface area contributed by atoms with Crippen LogP contribution in [-0.2, 0) is 14.3 Å². The average Bonchev–Trinajstić information content (AvgIpc) is 3.32. The number of amides is 1. The topological polar surface area (TPSA) is 95.9 Å². The van der Waals surface area contributed by atoms with Gasteiger partial charge in [0.2, 0.25) is 5.91 Å². The number of esters is 1. The van der Waals surface area contributed by atoms with Crippen molar-refractivity contribution < 1.29 is 24.5 Å². The number of rotatable bonds is 54. The predicted molar refractivity (Wildman–Crippen MR) is 287 cm³/mol. The van der Waals surface area contributed by atoms with Crippen LogP contribution in [0.5, 0.6) is 0 Å². The molecular formula is C60H113NO5. The van der Waals surface area contributed by atoms with Crippen LogP contribution in [0.1, 0.15) is 309 Å². The molecule has 0 rings (SSSR count). The van der Waals surface area contributed by atoms with Gasteiger partial charge in [0.15, 0.2) is 0 Å². The summed E-state index contributed by atoms with van der Waals surface area (Å²) in [6.45, 7) is 4.88. The maximum absolute atomic E-state index is 12.4. The molecule has 6 heteroatoms. The van der Waals surface area contributed by atoms with Crippen molar-refractivity contribution in [3.05, 3.63) is 36.5 Å². The van der Waals surface area contributed by atoms with E-state index in [1.165, 1.54) is 225 Å². The zero-order valence-electron chi connectivity index (χ0n) is 44.2. The van der Waals surface area contributed by atoms with Gasteiger partial charge < -0.3 is 20.3 Å². The fraction of sp³-hybridized carbons (Fsp3) is 0.867. The van der Waals surface area contributed by atoms with Gasteiger partial charge in [0.25, 0.3) is 0 Å². The van der Waals surface area contributed by atoms with E-state index in [2.05, 4.69) is 55.6 Å². The molecule has 0 aliphatic rings. The molecule has 0 saturated carbocycles. The third-order valence-electron chi connectivity index (χ3n) is 13.4. The van der Waals surface area contributed by atoms with E-state index >= 15 is 0 Å². The molecule has 3 N–H and O–H groups in total. The number of nitrogens with one attached hydrogen (secondary N) is 1. The van der Waals surface area contributed by atoms with E-state index in [9.17, 15) is 19.8 Å². The second kappa shape index (κ2) is 55.7. The summed E-state index contributed by atoms with van der Waals surface area (Å²) in [7, 11) is 0. The standard InChI is InChI=1S/C60H113NO5/c1-3-5-7-9-11-13-15-29-34-38-42-46-50-54-60(65)66-55-51-47-43-39-35-31-28-26-24-22-20-18-16-17-19-21-23-25-27-30-33-37-41-45-49-53-59(64)61-57(56-62)58(63)52-48-44-40-36-32-14-12-10-8-6-4-2/h7,9,13,15,17,19,57-58,62-63H,3-6,8,10-12,14,16,18,20-56H2,1-2H3,(H,61,64)/b9-7-,15-13-,19-17-. The van der Waals surface area contributed by atoms with E-state index in [0.29, 0.717) is 25.9 Å². The molecule has 0 aromatic rings. The van der Waals surface area contributed by atoms with Crippen LogP contribution in [0.15, 0.2) is 36.5 Å². The molecule has 2 atom stereocenters. The summed E-state index contributed by atoms with van der Waals surface area (Å²) in [5.41, 5.74) is 0. The Morgan fingerprint density at radius 2 is 0.788 bits per heavy atom. The van der Waals surface area contributed by atoms with E-state index in [0.717, 1.165) is 51.4 Å². The molecule has 388 valence electrons. The number of aliphatic hydroxyl groups excluding tert-OH is 2. The first-order valence-electron chi connectivity index (χ1n) is 29.2. The van der Waals surface area contributed by atoms with E-state index < -0.39 is 12.1 Å². The van der Waals surface area contributed by atoms with Gasteiger partial charge in [-0.15, -0.1) is 0 Å². The Kier molecular flexibility index (Phi) is 54.1. The Morgan fingerprint density at radius 1 is 0.424 bits per heavy atom. The highest BCUT2D eigenvalue weighted by atomic mass is 16.5. The molecule has 0 spiro atoms. The minimum absolute atomic E-state index is 0.00224. The Balaban J connectivity index is 3.39. The molecule has 0 aliphatic heterocycles. The first-order chi connectivity index (χ1) is 32.5. The number of allylic oxidation sites excluding steroid dienone is 6. The summed E-state index contributed by atoms with van der Waals surface area (Å²) < 4.78 is 5.46. The second-order valence-electron chi connectivity index (χ2n) is 20.0. The highest BCUT2D eigenvalue weighted by molar-refractivity contribution is 5.76. The van der Waals surface area contributed by atoms with Crippen molar-refractivity contribution in [3.63, 3.8) is 0 Å². The Labute approximate surface area is 411 Å². The fourth-order valence-corrected chi connectivity index (χ4v) is 8.91. The lowest BCUT2D eigenvalue weighted by Gasteiger charge is -2.22. The molecule has 0 aromatic heterocycles. The lowest BCUT2D eigenvalue weighted by atomic mass is 10.0. The highest BCUT2D eigenvalue weighted by Crippen LogP contribution is 2.17. The van der Waals surface area contributed by atoms with Crippen LogP contribution in [0.3, 0.4) is 0 Å². The van der Waals surface area contributed by atoms with Crippen molar-refractivity contribution in [2.75, 3.05) is 13.2 Å². The lowest BCUT2D eigenvalue weighted by molar-refractivity contribution is -0.143. The van der Waals surface area contributed by atoms with E-state index in [4.69, 9.17) is 4.74 Å². The molecule has 6 nitrogen and oxygen atoms in total. The Bertz CT molecular complexity index is 1070. The van der Waals surface area contributed by atoms with Gasteiger partial charge in [0.05, 0.1) is 25.4 Å². The van der Waals surface area contributed by atoms with Crippen LogP contribution < -0.4 is 5.32 Å². The Morgan fingerprint density at radius 3 is 1.23 bits per heavy atom. The second-order valence-corrected chi connectivity index (χ2v) is 20.0. The molecule has 0 aromatic carbocycles. The average molecular weight is 929 g/mol. The molecule has 2 unspecified atom stereocenters. The van der Waals surface area contributed by atoms with Crippen molar-refractivity contribution in [2.45, 2.75) is 321 Å². The van der Waals surface area contributed by atoms with Gasteiger partial charge in [-0.3, -0.25) is 9.59 Å². The van der Waals surface area contributed by atoms with Gasteiger partial charge in [-0.05, 0) is 77.0 Å². The zero-order chi connectivity index (χ0) is 47.9. The number of hydrogen-bond acceptors (Lipinski definition) is 5. The summed E-state index contributed by atoms with van der Waals surface area (Å²) >= 11 is 0. The molecule has 0 heterocycles. The highest BCUT2D eigenvalue weighted by Gasteiger charge is 2.20. The number of unbranched alkanes of at least 4 members (excludes halogenated alkanes) is 37. The van der Waals surface area contributed by atoms with Crippen molar-refractivity contribution in [1.29, 1.82) is 0 Å². The van der Waals surface area contributed by atoms with Crippen LogP contribution in [0.25, 0.3) is 0 Å². The molecular weight excluding hydrogens is 815 g/mol. The number of carbonyl (C=O) groups excluding carboxylic acids is 2. The van der Waals surface area contributed by atoms with Crippen LogP contribution in [-0.4, -0.2) is 47.4 Å². The minimum atomic E-state index is -0.665. The zero-order valence-corrected chi connectivity index (χ0v) is 44.2. The number of hydrogen-bond donors (Lipinski definition) is 3. The summed E-state index contributed by atoms with van der Waals surface area (Å²) in [5, 5.41) is 23.2. The first-order valence-corrected chi connectivity index (χ1v) is 29.2. The van der Waals surface area contributed by atoms with Gasteiger partial charge in [-0.25, -0.2) is 0 Å². The third kappa shape index (κ3) is 51.5. The summed E-state index contributed by atoms with van der Waals surface area (Å²) in [4.78, 5) is 24.4. The van der Waals surface area contributed by atoms with Gasteiger partial charge in [0, 0.05) is 12.8 Å². The van der Waals surface area contributed by atoms with Crippen molar-refractivity contribution in [1.82, 2.24) is 5.32 Å². The first kappa shape index (κ1) is 64.1. The smallest absolute Gasteiger partial charge is 0.305 e. The number of aliphatic hydroxyl groups is 2. The Hall–Kier alpha value is -1.92. The summed E-state index contributed by atoms with van der Waals surface area (Å²) in [6.07, 6.45) is 68.6. The number of carbonyl (C=O) groups is 2. The van der Waals surface area contributed by atoms with Crippen LogP contribution in [0.4, 0.5) is 0 Å². The van der Waals surface area contributed by atoms with Gasteiger partial charge in [-0.2, -0.15) is 0 Å². The predicted octanol–water partition coefficient (Wildman–Crippen LogP) is 18.0. The fourth-order valence-electron chi connectivity index (χ4n) is 8.91. The monoisotopic (exact) mass is 928 g/mol. The van der Waals surface area contributed by atoms with Crippen LogP contribution in [0.2, 0.25) is 0 Å². The summed E-state index contributed by atoms with van der Waals surface area (Å²) in [5.74, 6) is -0.0413. The molecule has 0 fully saturated rings. The van der Waals surface area contributed by atoms with Crippen molar-refractivity contribution >= 4 is 11.9 Å². The van der Waals surface area contributed by atoms with E-state index in [1.54, 1.807) is 0 Å². The largest absolute Gasteiger partial charge is 0.466 e. The van der Waals surface area contributed by atoms with Crippen molar-refractivity contribution in [2.24, 2.45) is 0 Å². The van der Waals surface area contributed by atoms with Crippen LogP contribution >= 0.6 is 0 Å². The molecule has 1 amide bonds.